The SMILES string of the molecule is CC1=C(C(=O)OC(C)C)[C@@H](c2ccccc2)n2c(nc3ccccc32)N1. The molecule has 0 radical (unpaired) electrons. The van der Waals surface area contributed by atoms with Crippen LogP contribution in [0.5, 0.6) is 0 Å². The van der Waals surface area contributed by atoms with Crippen LogP contribution < -0.4 is 5.32 Å². The summed E-state index contributed by atoms with van der Waals surface area (Å²) >= 11 is 0. The number of allylic oxidation sites excluding steroid dienone is 1. The van der Waals surface area contributed by atoms with Gasteiger partial charge in [-0.2, -0.15) is 0 Å². The van der Waals surface area contributed by atoms with E-state index in [2.05, 4.69) is 9.88 Å². The van der Waals surface area contributed by atoms with Gasteiger partial charge < -0.3 is 10.1 Å². The summed E-state index contributed by atoms with van der Waals surface area (Å²) in [4.78, 5) is 17.6. The fraction of sp³-hybridized carbons (Fsp3) is 0.238. The van der Waals surface area contributed by atoms with E-state index in [1.807, 2.05) is 75.4 Å². The Morgan fingerprint density at radius 2 is 1.81 bits per heavy atom. The zero-order valence-electron chi connectivity index (χ0n) is 15.1. The van der Waals surface area contributed by atoms with Gasteiger partial charge in [0.25, 0.3) is 0 Å². The van der Waals surface area contributed by atoms with Gasteiger partial charge in [0.05, 0.1) is 28.8 Å². The number of para-hydroxylation sites is 2. The minimum atomic E-state index is -0.303. The van der Waals surface area contributed by atoms with Gasteiger partial charge in [0.2, 0.25) is 5.95 Å². The molecule has 5 nitrogen and oxygen atoms in total. The number of carbonyl (C=O) groups is 1. The normalized spacial score (nSPS) is 16.5. The highest BCUT2D eigenvalue weighted by Crippen LogP contribution is 2.39. The van der Waals surface area contributed by atoms with E-state index in [0.29, 0.717) is 5.57 Å². The molecule has 0 unspecified atom stereocenters. The van der Waals surface area contributed by atoms with Gasteiger partial charge in [-0.05, 0) is 38.5 Å². The maximum Gasteiger partial charge on any atom is 0.338 e. The molecule has 2 heterocycles. The standard InChI is InChI=1S/C21H21N3O2/c1-13(2)26-20(25)18-14(3)22-21-23-16-11-7-8-12-17(16)24(21)19(18)15-9-5-4-6-10-15/h4-13,19H,1-3H3,(H,22,23)/t19-/m1/s1. The van der Waals surface area contributed by atoms with E-state index in [0.717, 1.165) is 28.2 Å². The molecular weight excluding hydrogens is 326 g/mol. The molecule has 1 aliphatic rings. The average molecular weight is 347 g/mol. The summed E-state index contributed by atoms with van der Waals surface area (Å²) in [6.45, 7) is 5.62. The Kier molecular flexibility index (Phi) is 3.99. The molecule has 1 N–H and O–H groups in total. The van der Waals surface area contributed by atoms with Crippen molar-refractivity contribution in [1.29, 1.82) is 0 Å². The Morgan fingerprint density at radius 1 is 1.12 bits per heavy atom. The molecule has 0 aliphatic carbocycles. The third-order valence-corrected chi connectivity index (χ3v) is 4.51. The summed E-state index contributed by atoms with van der Waals surface area (Å²) in [5, 5.41) is 3.28. The molecule has 0 fully saturated rings. The molecule has 0 saturated heterocycles. The van der Waals surface area contributed by atoms with Crippen LogP contribution in [0.4, 0.5) is 5.95 Å². The Balaban J connectivity index is 1.95. The second kappa shape index (κ2) is 6.33. The Hall–Kier alpha value is -3.08. The zero-order chi connectivity index (χ0) is 18.3. The van der Waals surface area contributed by atoms with Crippen LogP contribution in [-0.4, -0.2) is 21.6 Å². The summed E-state index contributed by atoms with van der Waals surface area (Å²) in [6.07, 6.45) is -0.180. The molecule has 1 aromatic heterocycles. The number of rotatable bonds is 3. The van der Waals surface area contributed by atoms with Gasteiger partial charge in [-0.1, -0.05) is 42.5 Å². The molecule has 0 amide bonds. The first-order valence-corrected chi connectivity index (χ1v) is 8.77. The van der Waals surface area contributed by atoms with Crippen molar-refractivity contribution in [1.82, 2.24) is 9.55 Å². The molecular formula is C21H21N3O2. The highest BCUT2D eigenvalue weighted by molar-refractivity contribution is 5.94. The highest BCUT2D eigenvalue weighted by atomic mass is 16.5. The molecule has 4 rings (SSSR count). The molecule has 0 spiro atoms. The molecule has 1 atom stereocenters. The fourth-order valence-electron chi connectivity index (χ4n) is 3.46. The highest BCUT2D eigenvalue weighted by Gasteiger charge is 2.35. The number of hydrogen-bond acceptors (Lipinski definition) is 4. The van der Waals surface area contributed by atoms with Crippen LogP contribution in [0.3, 0.4) is 0 Å². The summed E-state index contributed by atoms with van der Waals surface area (Å²) in [5.41, 5.74) is 4.27. The number of anilines is 1. The van der Waals surface area contributed by atoms with Gasteiger partial charge in [0.1, 0.15) is 0 Å². The second-order valence-electron chi connectivity index (χ2n) is 6.73. The van der Waals surface area contributed by atoms with Crippen molar-refractivity contribution in [2.45, 2.75) is 32.9 Å². The van der Waals surface area contributed by atoms with Crippen molar-refractivity contribution in [3.63, 3.8) is 0 Å². The summed E-state index contributed by atoms with van der Waals surface area (Å²) in [7, 11) is 0. The maximum atomic E-state index is 12.9. The van der Waals surface area contributed by atoms with Gasteiger partial charge in [0.15, 0.2) is 0 Å². The van der Waals surface area contributed by atoms with Gasteiger partial charge in [-0.3, -0.25) is 4.57 Å². The predicted octanol–water partition coefficient (Wildman–Crippen LogP) is 4.28. The molecule has 26 heavy (non-hydrogen) atoms. The zero-order valence-corrected chi connectivity index (χ0v) is 15.1. The fourth-order valence-corrected chi connectivity index (χ4v) is 3.46. The number of nitrogens with one attached hydrogen (secondary N) is 1. The smallest absolute Gasteiger partial charge is 0.338 e. The topological polar surface area (TPSA) is 56.2 Å². The van der Waals surface area contributed by atoms with E-state index >= 15 is 0 Å². The average Bonchev–Trinajstić information content (AvgIpc) is 2.98. The van der Waals surface area contributed by atoms with E-state index < -0.39 is 0 Å². The van der Waals surface area contributed by atoms with Crippen LogP contribution in [-0.2, 0) is 9.53 Å². The lowest BCUT2D eigenvalue weighted by Gasteiger charge is -2.30. The largest absolute Gasteiger partial charge is 0.459 e. The lowest BCUT2D eigenvalue weighted by atomic mass is 9.95. The van der Waals surface area contributed by atoms with Crippen LogP contribution in [0.1, 0.15) is 32.4 Å². The molecule has 132 valence electrons. The number of aromatic nitrogens is 2. The van der Waals surface area contributed by atoms with Crippen LogP contribution in [0.15, 0.2) is 65.9 Å². The second-order valence-corrected chi connectivity index (χ2v) is 6.73. The van der Waals surface area contributed by atoms with Crippen molar-refractivity contribution in [2.24, 2.45) is 0 Å². The third kappa shape index (κ3) is 2.65. The maximum absolute atomic E-state index is 12.9. The minimum Gasteiger partial charge on any atom is -0.459 e. The number of fused-ring (bicyclic) bond motifs is 3. The molecule has 2 aromatic carbocycles. The van der Waals surface area contributed by atoms with Gasteiger partial charge in [-0.25, -0.2) is 9.78 Å². The Morgan fingerprint density at radius 3 is 2.54 bits per heavy atom. The summed E-state index contributed by atoms with van der Waals surface area (Å²) < 4.78 is 7.62. The molecule has 3 aromatic rings. The minimum absolute atomic E-state index is 0.180. The number of ether oxygens (including phenoxy) is 1. The van der Waals surface area contributed by atoms with Crippen LogP contribution in [0.2, 0.25) is 0 Å². The van der Waals surface area contributed by atoms with E-state index in [-0.39, 0.29) is 18.1 Å². The van der Waals surface area contributed by atoms with Crippen LogP contribution in [0, 0.1) is 0 Å². The van der Waals surface area contributed by atoms with Gasteiger partial charge >= 0.3 is 5.97 Å². The Bertz CT molecular complexity index is 1000. The van der Waals surface area contributed by atoms with E-state index in [1.165, 1.54) is 0 Å². The predicted molar refractivity (Wildman–Crippen MR) is 102 cm³/mol. The van der Waals surface area contributed by atoms with Crippen molar-refractivity contribution >= 4 is 23.0 Å². The molecule has 1 aliphatic heterocycles. The Labute approximate surface area is 152 Å². The first-order chi connectivity index (χ1) is 12.6. The summed E-state index contributed by atoms with van der Waals surface area (Å²) in [6, 6.07) is 17.7. The number of imidazole rings is 1. The van der Waals surface area contributed by atoms with E-state index in [1.54, 1.807) is 0 Å². The quantitative estimate of drug-likeness (QED) is 0.719. The van der Waals surface area contributed by atoms with E-state index in [9.17, 15) is 4.79 Å². The van der Waals surface area contributed by atoms with Crippen LogP contribution >= 0.6 is 0 Å². The van der Waals surface area contributed by atoms with Crippen molar-refractivity contribution < 1.29 is 9.53 Å². The number of hydrogen-bond donors (Lipinski definition) is 1. The van der Waals surface area contributed by atoms with Crippen molar-refractivity contribution in [2.75, 3.05) is 5.32 Å². The first-order valence-electron chi connectivity index (χ1n) is 8.77. The van der Waals surface area contributed by atoms with Crippen molar-refractivity contribution in [3.05, 3.63) is 71.4 Å². The van der Waals surface area contributed by atoms with E-state index in [4.69, 9.17) is 9.72 Å². The molecule has 0 saturated carbocycles. The van der Waals surface area contributed by atoms with Gasteiger partial charge in [0, 0.05) is 5.70 Å². The lowest BCUT2D eigenvalue weighted by molar-refractivity contribution is -0.143. The number of carbonyl (C=O) groups excluding carboxylic acids is 1. The van der Waals surface area contributed by atoms with Crippen molar-refractivity contribution in [3.8, 4) is 0 Å². The van der Waals surface area contributed by atoms with Gasteiger partial charge in [-0.15, -0.1) is 0 Å². The number of nitrogens with zero attached hydrogens (tertiary/aromatic N) is 2. The molecule has 5 heteroatoms. The first kappa shape index (κ1) is 16.4. The third-order valence-electron chi connectivity index (χ3n) is 4.51. The monoisotopic (exact) mass is 347 g/mol. The molecule has 0 bridgehead atoms. The van der Waals surface area contributed by atoms with Crippen LogP contribution in [0.25, 0.3) is 11.0 Å². The number of benzene rings is 2. The summed E-state index contributed by atoms with van der Waals surface area (Å²) in [5.74, 6) is 0.431. The lowest BCUT2D eigenvalue weighted by Crippen LogP contribution is -2.29. The number of esters is 1.